The Kier molecular flexibility index (Phi) is 17.4. The summed E-state index contributed by atoms with van der Waals surface area (Å²) in [5.74, 6) is 0.709. The van der Waals surface area contributed by atoms with E-state index in [0.717, 1.165) is 43.9 Å². The molecule has 3 rings (SSSR count). The summed E-state index contributed by atoms with van der Waals surface area (Å²) in [7, 11) is 0.500. The number of aliphatic hydroxyl groups excluding tert-OH is 1. The summed E-state index contributed by atoms with van der Waals surface area (Å²) < 4.78 is 22.3. The standard InChI is InChI=1S/C13H19N4.C12H16FNO.CH3F.W/c1-4-15-9-11(3)17(5-2)13-7-6-12(8-14)10-16-13;13-11-4-2-10(3-5-11)12(6-1-7-12)14-8-9-15;1-2;/h6-7,10-11H,4-5,9H2,1-3H3;2-5,14-15H,1,6-9H2;1H3;/q-1;;;. The molecule has 1 aliphatic rings. The maximum Gasteiger partial charge on any atom is 0.128 e. The molecule has 2 aromatic rings. The molecule has 194 valence electrons. The van der Waals surface area contributed by atoms with Crippen LogP contribution in [0.5, 0.6) is 0 Å². The molecule has 6 nitrogen and oxygen atoms in total. The molecule has 1 aliphatic carbocycles. The third-order valence-corrected chi connectivity index (χ3v) is 5.84. The fourth-order valence-electron chi connectivity index (χ4n) is 3.90. The second-order valence-electron chi connectivity index (χ2n) is 7.97. The van der Waals surface area contributed by atoms with Crippen molar-refractivity contribution in [2.45, 2.75) is 51.6 Å². The Balaban J connectivity index is 0.000000603. The SMILES string of the molecule is CC[N-]CC(C)N(CC)c1ccc(C#N)cn1.CF.OCCNC1(c2ccc(F)cc2)CCC1.[W]. The summed E-state index contributed by atoms with van der Waals surface area (Å²) in [6.45, 7) is 9.57. The number of nitrogens with one attached hydrogen (secondary N) is 1. The van der Waals surface area contributed by atoms with E-state index in [1.54, 1.807) is 12.3 Å². The predicted molar refractivity (Wildman–Crippen MR) is 134 cm³/mol. The van der Waals surface area contributed by atoms with Gasteiger partial charge in [-0.15, -0.1) is 6.54 Å². The number of hydrogen-bond donors (Lipinski definition) is 2. The van der Waals surface area contributed by atoms with Crippen LogP contribution < -0.4 is 10.2 Å². The quantitative estimate of drug-likeness (QED) is 0.379. The predicted octanol–water partition coefficient (Wildman–Crippen LogP) is 4.93. The van der Waals surface area contributed by atoms with Crippen molar-refractivity contribution in [1.29, 1.82) is 5.26 Å². The molecule has 0 spiro atoms. The summed E-state index contributed by atoms with van der Waals surface area (Å²) in [6, 6.07) is 12.8. The number of anilines is 1. The maximum absolute atomic E-state index is 12.8. The van der Waals surface area contributed by atoms with E-state index in [4.69, 9.17) is 10.4 Å². The van der Waals surface area contributed by atoms with E-state index < -0.39 is 0 Å². The van der Waals surface area contributed by atoms with Crippen LogP contribution in [0.4, 0.5) is 14.6 Å². The van der Waals surface area contributed by atoms with Crippen molar-refractivity contribution < 1.29 is 35.0 Å². The van der Waals surface area contributed by atoms with Crippen LogP contribution in [0.2, 0.25) is 0 Å². The minimum atomic E-state index is -0.199. The van der Waals surface area contributed by atoms with Gasteiger partial charge in [0.25, 0.3) is 0 Å². The van der Waals surface area contributed by atoms with Gasteiger partial charge >= 0.3 is 0 Å². The first-order chi connectivity index (χ1) is 16.5. The normalized spacial score (nSPS) is 13.9. The summed E-state index contributed by atoms with van der Waals surface area (Å²) in [5.41, 5.74) is 1.70. The minimum Gasteiger partial charge on any atom is -0.661 e. The van der Waals surface area contributed by atoms with Gasteiger partial charge in [0.15, 0.2) is 0 Å². The fraction of sp³-hybridized carbons (Fsp3) is 0.538. The van der Waals surface area contributed by atoms with Gasteiger partial charge in [-0.1, -0.05) is 19.1 Å². The molecule has 1 heterocycles. The number of rotatable bonds is 10. The van der Waals surface area contributed by atoms with Gasteiger partial charge in [-0.25, -0.2) is 9.37 Å². The molecule has 0 amide bonds. The van der Waals surface area contributed by atoms with E-state index in [1.807, 2.05) is 25.1 Å². The first-order valence-corrected chi connectivity index (χ1v) is 11.8. The van der Waals surface area contributed by atoms with Crippen LogP contribution in [0.15, 0.2) is 42.6 Å². The van der Waals surface area contributed by atoms with Gasteiger partial charge in [0.05, 0.1) is 19.3 Å². The van der Waals surface area contributed by atoms with Crippen LogP contribution in [0, 0.1) is 17.1 Å². The number of halogens is 2. The van der Waals surface area contributed by atoms with Crippen LogP contribution in [-0.4, -0.2) is 56.1 Å². The van der Waals surface area contributed by atoms with E-state index in [1.165, 1.54) is 18.6 Å². The Morgan fingerprint density at radius 1 is 1.20 bits per heavy atom. The van der Waals surface area contributed by atoms with Crippen molar-refractivity contribution in [2.24, 2.45) is 0 Å². The smallest absolute Gasteiger partial charge is 0.128 e. The number of nitriles is 1. The number of hydrogen-bond acceptors (Lipinski definition) is 5. The van der Waals surface area contributed by atoms with Gasteiger partial charge in [-0.2, -0.15) is 11.8 Å². The van der Waals surface area contributed by atoms with E-state index in [-0.39, 0.29) is 39.0 Å². The van der Waals surface area contributed by atoms with E-state index >= 15 is 0 Å². The van der Waals surface area contributed by atoms with E-state index in [2.05, 4.69) is 40.4 Å². The monoisotopic (exact) mass is 658 g/mol. The average Bonchev–Trinajstić information content (AvgIpc) is 2.85. The molecular weight excluding hydrogens is 620 g/mol. The molecule has 0 bridgehead atoms. The molecule has 2 N–H and O–H groups in total. The zero-order valence-corrected chi connectivity index (χ0v) is 24.1. The summed E-state index contributed by atoms with van der Waals surface area (Å²) in [6.07, 6.45) is 4.94. The van der Waals surface area contributed by atoms with E-state index in [9.17, 15) is 8.78 Å². The average molecular weight is 658 g/mol. The number of aliphatic hydroxyl groups is 1. The molecular formula is C26H38F2N5OW-. The number of aromatic nitrogens is 1. The minimum absolute atomic E-state index is 0. The second-order valence-corrected chi connectivity index (χ2v) is 7.97. The zero-order chi connectivity index (χ0) is 25.4. The Hall–Kier alpha value is -1.91. The first kappa shape index (κ1) is 33.1. The molecule has 0 radical (unpaired) electrons. The molecule has 1 atom stereocenters. The first-order valence-electron chi connectivity index (χ1n) is 11.8. The molecule has 1 aromatic heterocycles. The van der Waals surface area contributed by atoms with Crippen molar-refractivity contribution in [2.75, 3.05) is 44.9 Å². The van der Waals surface area contributed by atoms with E-state index in [0.29, 0.717) is 25.3 Å². The Bertz CT molecular complexity index is 842. The van der Waals surface area contributed by atoms with Crippen LogP contribution in [-0.2, 0) is 26.6 Å². The summed E-state index contributed by atoms with van der Waals surface area (Å²) >= 11 is 0. The number of benzene rings is 1. The molecule has 1 saturated carbocycles. The molecule has 0 saturated heterocycles. The van der Waals surface area contributed by atoms with Gasteiger partial charge in [0.2, 0.25) is 0 Å². The Morgan fingerprint density at radius 3 is 2.29 bits per heavy atom. The molecule has 1 fully saturated rings. The van der Waals surface area contributed by atoms with Crippen molar-refractivity contribution >= 4 is 5.82 Å². The van der Waals surface area contributed by atoms with Crippen LogP contribution in [0.3, 0.4) is 0 Å². The van der Waals surface area contributed by atoms with Crippen LogP contribution in [0.1, 0.15) is 51.2 Å². The summed E-state index contributed by atoms with van der Waals surface area (Å²) in [5, 5.41) is 25.3. The number of pyridine rings is 1. The Morgan fingerprint density at radius 2 is 1.86 bits per heavy atom. The summed E-state index contributed by atoms with van der Waals surface area (Å²) in [4.78, 5) is 6.51. The van der Waals surface area contributed by atoms with Crippen LogP contribution >= 0.6 is 0 Å². The van der Waals surface area contributed by atoms with Crippen molar-refractivity contribution in [3.8, 4) is 6.07 Å². The van der Waals surface area contributed by atoms with Crippen molar-refractivity contribution in [3.63, 3.8) is 0 Å². The molecule has 1 unspecified atom stereocenters. The number of likely N-dealkylation sites (N-methyl/N-ethyl adjacent to an activating group) is 2. The number of nitrogens with zero attached hydrogens (tertiary/aromatic N) is 4. The van der Waals surface area contributed by atoms with Gasteiger partial charge in [0.1, 0.15) is 17.7 Å². The molecule has 1 aromatic carbocycles. The topological polar surface area (TPSA) is 86.3 Å². The van der Waals surface area contributed by atoms with Crippen molar-refractivity contribution in [3.05, 3.63) is 64.9 Å². The van der Waals surface area contributed by atoms with Gasteiger partial charge < -0.3 is 20.6 Å². The second kappa shape index (κ2) is 18.4. The van der Waals surface area contributed by atoms with Crippen molar-refractivity contribution in [1.82, 2.24) is 10.3 Å². The van der Waals surface area contributed by atoms with Gasteiger partial charge in [0, 0.05) is 51.9 Å². The largest absolute Gasteiger partial charge is 0.661 e. The van der Waals surface area contributed by atoms with Gasteiger partial charge in [-0.3, -0.25) is 4.39 Å². The zero-order valence-electron chi connectivity index (χ0n) is 21.2. The molecule has 35 heavy (non-hydrogen) atoms. The molecule has 0 aliphatic heterocycles. The third kappa shape index (κ3) is 10.3. The third-order valence-electron chi connectivity index (χ3n) is 5.84. The maximum atomic E-state index is 12.8. The van der Waals surface area contributed by atoms with Gasteiger partial charge in [-0.05, 0) is 62.9 Å². The molecule has 9 heteroatoms. The number of alkyl halides is 1. The van der Waals surface area contributed by atoms with Crippen LogP contribution in [0.25, 0.3) is 5.32 Å². The fourth-order valence-corrected chi connectivity index (χ4v) is 3.90. The Labute approximate surface area is 223 Å².